The number of hydrogen-bond donors (Lipinski definition) is 0. The average molecular weight is 406 g/mol. The number of aromatic nitrogens is 1. The average Bonchev–Trinajstić information content (AvgIpc) is 3.29. The first-order valence-corrected chi connectivity index (χ1v) is 10.7. The lowest BCUT2D eigenvalue weighted by Crippen LogP contribution is -2.59. The Morgan fingerprint density at radius 1 is 0.935 bits per heavy atom. The number of nitrogens with zero attached hydrogens (tertiary/aromatic N) is 4. The summed E-state index contributed by atoms with van der Waals surface area (Å²) >= 11 is 0. The number of benzene rings is 2. The molecular formula is C25H23BN4O. The number of allylic oxidation sites excluding steroid dienone is 1. The summed E-state index contributed by atoms with van der Waals surface area (Å²) in [4.78, 5) is 9.24. The second-order valence-corrected chi connectivity index (χ2v) is 8.21. The van der Waals surface area contributed by atoms with Gasteiger partial charge in [-0.3, -0.25) is 5.01 Å². The molecule has 152 valence electrons. The number of hydrazine groups is 1. The number of rotatable bonds is 2. The lowest BCUT2D eigenvalue weighted by molar-refractivity contribution is 0.442. The lowest BCUT2D eigenvalue weighted by Gasteiger charge is -2.44. The Labute approximate surface area is 182 Å². The largest absolute Gasteiger partial charge is 0.439 e. The van der Waals surface area contributed by atoms with E-state index in [1.165, 1.54) is 22.5 Å². The number of furan rings is 1. The third-order valence-electron chi connectivity index (χ3n) is 6.40. The van der Waals surface area contributed by atoms with Crippen molar-refractivity contribution in [1.29, 1.82) is 0 Å². The van der Waals surface area contributed by atoms with E-state index >= 15 is 0 Å². The fraction of sp³-hybridized carbons (Fsp3) is 0.160. The van der Waals surface area contributed by atoms with E-state index in [9.17, 15) is 0 Å². The van der Waals surface area contributed by atoms with Crippen LogP contribution in [0, 0.1) is 0 Å². The first-order valence-electron chi connectivity index (χ1n) is 10.7. The van der Waals surface area contributed by atoms with E-state index in [4.69, 9.17) is 4.42 Å². The fourth-order valence-electron chi connectivity index (χ4n) is 5.16. The quantitative estimate of drug-likeness (QED) is 0.425. The summed E-state index contributed by atoms with van der Waals surface area (Å²) in [6.45, 7) is 6.77. The van der Waals surface area contributed by atoms with Crippen molar-refractivity contribution < 1.29 is 4.42 Å². The van der Waals surface area contributed by atoms with Crippen LogP contribution in [0.2, 0.25) is 6.82 Å². The van der Waals surface area contributed by atoms with Gasteiger partial charge in [-0.1, -0.05) is 37.2 Å². The van der Waals surface area contributed by atoms with E-state index in [1.807, 2.05) is 6.07 Å². The van der Waals surface area contributed by atoms with E-state index < -0.39 is 0 Å². The highest BCUT2D eigenvalue weighted by Crippen LogP contribution is 2.46. The summed E-state index contributed by atoms with van der Waals surface area (Å²) in [7, 11) is 0. The van der Waals surface area contributed by atoms with Gasteiger partial charge in [0, 0.05) is 28.4 Å². The van der Waals surface area contributed by atoms with Crippen molar-refractivity contribution in [3.8, 4) is 0 Å². The third kappa shape index (κ3) is 2.54. The van der Waals surface area contributed by atoms with Gasteiger partial charge in [0.05, 0.1) is 11.4 Å². The Morgan fingerprint density at radius 3 is 2.48 bits per heavy atom. The highest BCUT2D eigenvalue weighted by atomic mass is 16.3. The zero-order valence-electron chi connectivity index (χ0n) is 17.9. The monoisotopic (exact) mass is 406 g/mol. The summed E-state index contributed by atoms with van der Waals surface area (Å²) in [5, 5.41) is 3.50. The molecule has 0 unspecified atom stereocenters. The number of para-hydroxylation sites is 3. The maximum Gasteiger partial charge on any atom is 0.315 e. The van der Waals surface area contributed by atoms with Crippen LogP contribution in [0.25, 0.3) is 17.2 Å². The van der Waals surface area contributed by atoms with Gasteiger partial charge in [-0.05, 0) is 56.3 Å². The van der Waals surface area contributed by atoms with E-state index in [0.29, 0.717) is 5.71 Å². The van der Waals surface area contributed by atoms with E-state index in [2.05, 4.69) is 107 Å². The molecule has 4 aromatic rings. The highest BCUT2D eigenvalue weighted by Gasteiger charge is 2.43. The van der Waals surface area contributed by atoms with E-state index in [1.54, 1.807) is 6.20 Å². The second-order valence-electron chi connectivity index (χ2n) is 8.21. The molecule has 2 aromatic carbocycles. The van der Waals surface area contributed by atoms with Gasteiger partial charge < -0.3 is 14.2 Å². The minimum Gasteiger partial charge on any atom is -0.439 e. The first kappa shape index (κ1) is 18.1. The third-order valence-corrected chi connectivity index (χ3v) is 6.40. The maximum atomic E-state index is 6.09. The van der Waals surface area contributed by atoms with Crippen LogP contribution >= 0.6 is 0 Å². The van der Waals surface area contributed by atoms with Crippen LogP contribution in [-0.2, 0) is 0 Å². The topological polar surface area (TPSA) is 35.8 Å². The standard InChI is InChI=1S/C25H23BN4O/c1-17-16-23-24(20-12-9-15-27-25(20)31-23)26(3)30(17)29-18(2)28(19-10-5-4-6-11-19)21-13-7-8-14-22(21)29/h4-16,18H,1-3H3/t18-/m0/s1. The van der Waals surface area contributed by atoms with Crippen LogP contribution in [0.3, 0.4) is 0 Å². The molecule has 4 heterocycles. The number of hydrogen-bond acceptors (Lipinski definition) is 5. The molecule has 2 aromatic heterocycles. The summed E-state index contributed by atoms with van der Waals surface area (Å²) in [5.74, 6) is 0.912. The van der Waals surface area contributed by atoms with E-state index in [0.717, 1.165) is 16.8 Å². The van der Waals surface area contributed by atoms with Crippen molar-refractivity contribution in [2.75, 3.05) is 9.91 Å². The van der Waals surface area contributed by atoms with Gasteiger partial charge in [-0.25, -0.2) is 4.98 Å². The van der Waals surface area contributed by atoms with E-state index in [-0.39, 0.29) is 13.0 Å². The molecule has 1 atom stereocenters. The molecule has 31 heavy (non-hydrogen) atoms. The Hall–Kier alpha value is -3.67. The van der Waals surface area contributed by atoms with Gasteiger partial charge in [0.1, 0.15) is 11.9 Å². The van der Waals surface area contributed by atoms with Crippen molar-refractivity contribution in [2.45, 2.75) is 26.8 Å². The summed E-state index contributed by atoms with van der Waals surface area (Å²) in [5.41, 5.74) is 6.65. The smallest absolute Gasteiger partial charge is 0.315 e. The van der Waals surface area contributed by atoms with Crippen LogP contribution in [0.5, 0.6) is 0 Å². The van der Waals surface area contributed by atoms with Gasteiger partial charge in [0.15, 0.2) is 0 Å². The number of anilines is 3. The highest BCUT2D eigenvalue weighted by molar-refractivity contribution is 6.73. The van der Waals surface area contributed by atoms with Gasteiger partial charge >= 0.3 is 6.85 Å². The minimum absolute atomic E-state index is 0.108. The molecular weight excluding hydrogens is 383 g/mol. The normalized spacial score (nSPS) is 17.8. The van der Waals surface area contributed by atoms with Gasteiger partial charge in [-0.15, -0.1) is 0 Å². The Kier molecular flexibility index (Phi) is 3.90. The number of fused-ring (bicyclic) bond motifs is 4. The molecule has 0 radical (unpaired) electrons. The Morgan fingerprint density at radius 2 is 1.68 bits per heavy atom. The summed E-state index contributed by atoms with van der Waals surface area (Å²) < 4.78 is 6.09. The molecule has 6 heteroatoms. The van der Waals surface area contributed by atoms with Crippen LogP contribution in [0.1, 0.15) is 19.6 Å². The molecule has 0 amide bonds. The molecule has 0 saturated heterocycles. The lowest BCUT2D eigenvalue weighted by atomic mass is 9.55. The van der Waals surface area contributed by atoms with Crippen molar-refractivity contribution in [3.05, 3.63) is 84.4 Å². The molecule has 0 spiro atoms. The van der Waals surface area contributed by atoms with Crippen molar-refractivity contribution in [1.82, 2.24) is 9.90 Å². The molecule has 0 saturated carbocycles. The molecule has 0 fully saturated rings. The second kappa shape index (κ2) is 6.67. The summed E-state index contributed by atoms with van der Waals surface area (Å²) in [6.07, 6.45) is 4.04. The molecule has 6 rings (SSSR count). The van der Waals surface area contributed by atoms with Crippen LogP contribution in [-0.4, -0.2) is 22.9 Å². The molecule has 0 N–H and O–H groups in total. The Balaban J connectivity index is 1.50. The number of pyridine rings is 1. The molecule has 0 aliphatic carbocycles. The van der Waals surface area contributed by atoms with Gasteiger partial charge in [0.25, 0.3) is 0 Å². The van der Waals surface area contributed by atoms with Crippen molar-refractivity contribution in [3.63, 3.8) is 0 Å². The maximum absolute atomic E-state index is 6.09. The first-order chi connectivity index (χ1) is 15.1. The van der Waals surface area contributed by atoms with Crippen molar-refractivity contribution in [2.24, 2.45) is 0 Å². The Bertz CT molecular complexity index is 1320. The van der Waals surface area contributed by atoms with Crippen LogP contribution < -0.4 is 15.4 Å². The van der Waals surface area contributed by atoms with Crippen molar-refractivity contribution >= 4 is 46.5 Å². The minimum atomic E-state index is 0.108. The SMILES string of the molecule is CB1c2c(oc3ncccc23)C=C(C)N1N1c2ccccc2N(c2ccccc2)[C@@H]1C. The zero-order chi connectivity index (χ0) is 21.1. The fourth-order valence-corrected chi connectivity index (χ4v) is 5.16. The molecule has 5 nitrogen and oxygen atoms in total. The predicted molar refractivity (Wildman–Crippen MR) is 128 cm³/mol. The predicted octanol–water partition coefficient (Wildman–Crippen LogP) is 5.25. The zero-order valence-corrected chi connectivity index (χ0v) is 17.9. The van der Waals surface area contributed by atoms with Gasteiger partial charge in [-0.2, -0.15) is 0 Å². The summed E-state index contributed by atoms with van der Waals surface area (Å²) in [6, 6.07) is 23.3. The molecule has 2 aliphatic heterocycles. The van der Waals surface area contributed by atoms with Crippen LogP contribution in [0.4, 0.5) is 17.1 Å². The molecule has 0 bridgehead atoms. The molecule has 2 aliphatic rings. The van der Waals surface area contributed by atoms with Crippen LogP contribution in [0.15, 0.2) is 83.0 Å². The van der Waals surface area contributed by atoms with Gasteiger partial charge in [0.2, 0.25) is 5.71 Å².